The molecule has 0 saturated carbocycles. The molecule has 7 heteroatoms. The number of hydrogen-bond donors (Lipinski definition) is 2. The molecule has 0 radical (unpaired) electrons. The van der Waals surface area contributed by atoms with Crippen LogP contribution in [0.2, 0.25) is 0 Å². The second kappa shape index (κ2) is 5.22. The number of halogens is 1. The third kappa shape index (κ3) is 4.02. The standard InChI is InChI=1S/C12H16BrNO4S/c1-7-5-8(11(15)16)6-9(10(7)13)19(17,18)14-12(2,3)4/h5-6,14H,1-4H3,(H,15,16). The Morgan fingerprint density at radius 2 is 1.84 bits per heavy atom. The van der Waals surface area contributed by atoms with Crippen molar-refractivity contribution in [2.75, 3.05) is 0 Å². The van der Waals surface area contributed by atoms with Crippen molar-refractivity contribution in [1.82, 2.24) is 4.72 Å². The molecule has 0 aliphatic rings. The van der Waals surface area contributed by atoms with Crippen LogP contribution >= 0.6 is 15.9 Å². The molecule has 0 saturated heterocycles. The van der Waals surface area contributed by atoms with Crippen LogP contribution in [0.15, 0.2) is 21.5 Å². The zero-order chi connectivity index (χ0) is 15.0. The minimum absolute atomic E-state index is 0.0602. The number of benzene rings is 1. The van der Waals surface area contributed by atoms with Gasteiger partial charge in [-0.1, -0.05) is 0 Å². The Labute approximate surface area is 121 Å². The summed E-state index contributed by atoms with van der Waals surface area (Å²) in [6, 6.07) is 2.57. The van der Waals surface area contributed by atoms with Crippen molar-refractivity contribution >= 4 is 31.9 Å². The molecule has 0 atom stereocenters. The number of aryl methyl sites for hydroxylation is 1. The van der Waals surface area contributed by atoms with Crippen LogP contribution in [-0.4, -0.2) is 25.0 Å². The lowest BCUT2D eigenvalue weighted by Gasteiger charge is -2.21. The molecule has 0 fully saturated rings. The predicted molar refractivity (Wildman–Crippen MR) is 75.9 cm³/mol. The highest BCUT2D eigenvalue weighted by molar-refractivity contribution is 9.10. The van der Waals surface area contributed by atoms with E-state index in [1.165, 1.54) is 6.07 Å². The summed E-state index contributed by atoms with van der Waals surface area (Å²) < 4.78 is 27.4. The number of aromatic carboxylic acids is 1. The van der Waals surface area contributed by atoms with Crippen molar-refractivity contribution in [3.8, 4) is 0 Å². The van der Waals surface area contributed by atoms with Gasteiger partial charge in [0.25, 0.3) is 0 Å². The van der Waals surface area contributed by atoms with Crippen LogP contribution in [0.1, 0.15) is 36.7 Å². The lowest BCUT2D eigenvalue weighted by atomic mass is 10.1. The highest BCUT2D eigenvalue weighted by Gasteiger charge is 2.26. The summed E-state index contributed by atoms with van der Waals surface area (Å²) in [5.74, 6) is -1.16. The summed E-state index contributed by atoms with van der Waals surface area (Å²) in [6.07, 6.45) is 0. The van der Waals surface area contributed by atoms with Crippen LogP contribution < -0.4 is 4.72 Å². The Bertz CT molecular complexity index is 617. The van der Waals surface area contributed by atoms with Gasteiger partial charge < -0.3 is 5.11 Å². The molecule has 0 heterocycles. The van der Waals surface area contributed by atoms with Crippen LogP contribution in [-0.2, 0) is 10.0 Å². The first-order chi connectivity index (χ1) is 8.44. The largest absolute Gasteiger partial charge is 0.478 e. The second-order valence-electron chi connectivity index (χ2n) is 5.27. The topological polar surface area (TPSA) is 83.5 Å². The van der Waals surface area contributed by atoms with Crippen LogP contribution in [0.5, 0.6) is 0 Å². The molecule has 0 unspecified atom stereocenters. The maximum atomic E-state index is 12.3. The molecular weight excluding hydrogens is 334 g/mol. The fourth-order valence-electron chi connectivity index (χ4n) is 1.51. The second-order valence-corrected chi connectivity index (χ2v) is 7.71. The van der Waals surface area contributed by atoms with E-state index >= 15 is 0 Å². The third-order valence-corrected chi connectivity index (χ3v) is 5.30. The summed E-state index contributed by atoms with van der Waals surface area (Å²) in [6.45, 7) is 6.79. The molecule has 0 aliphatic carbocycles. The molecule has 0 aliphatic heterocycles. The number of carbonyl (C=O) groups is 1. The summed E-state index contributed by atoms with van der Waals surface area (Å²) >= 11 is 3.19. The van der Waals surface area contributed by atoms with Gasteiger partial charge in [0.1, 0.15) is 0 Å². The molecular formula is C12H16BrNO4S. The summed E-state index contributed by atoms with van der Waals surface area (Å²) in [4.78, 5) is 10.9. The molecule has 2 N–H and O–H groups in total. The zero-order valence-corrected chi connectivity index (χ0v) is 13.5. The monoisotopic (exact) mass is 349 g/mol. The van der Waals surface area contributed by atoms with Crippen molar-refractivity contribution in [1.29, 1.82) is 0 Å². The Hall–Kier alpha value is -0.920. The highest BCUT2D eigenvalue weighted by atomic mass is 79.9. The average molecular weight is 350 g/mol. The van der Waals surface area contributed by atoms with Gasteiger partial charge in [-0.05, 0) is 61.3 Å². The Morgan fingerprint density at radius 1 is 1.32 bits per heavy atom. The molecule has 1 aromatic carbocycles. The van der Waals surface area contributed by atoms with E-state index < -0.39 is 21.5 Å². The van der Waals surface area contributed by atoms with Crippen LogP contribution in [0.25, 0.3) is 0 Å². The van der Waals surface area contributed by atoms with Gasteiger partial charge in [-0.2, -0.15) is 0 Å². The maximum absolute atomic E-state index is 12.3. The van der Waals surface area contributed by atoms with E-state index in [9.17, 15) is 13.2 Å². The van der Waals surface area contributed by atoms with Crippen LogP contribution in [0, 0.1) is 6.92 Å². The van der Waals surface area contributed by atoms with Gasteiger partial charge >= 0.3 is 5.97 Å². The van der Waals surface area contributed by atoms with E-state index in [0.717, 1.165) is 6.07 Å². The van der Waals surface area contributed by atoms with E-state index in [1.54, 1.807) is 27.7 Å². The fourth-order valence-corrected chi connectivity index (χ4v) is 3.98. The predicted octanol–water partition coefficient (Wildman–Crippen LogP) is 2.53. The summed E-state index contributed by atoms with van der Waals surface area (Å²) in [5, 5.41) is 8.99. The van der Waals surface area contributed by atoms with E-state index in [4.69, 9.17) is 5.11 Å². The molecule has 1 aromatic rings. The van der Waals surface area contributed by atoms with Crippen molar-refractivity contribution in [2.24, 2.45) is 0 Å². The number of rotatable bonds is 3. The minimum atomic E-state index is -3.79. The number of carboxylic acid groups (broad SMARTS) is 1. The molecule has 106 valence electrons. The minimum Gasteiger partial charge on any atom is -0.478 e. The Balaban J connectivity index is 3.46. The van der Waals surface area contributed by atoms with E-state index in [2.05, 4.69) is 20.7 Å². The van der Waals surface area contributed by atoms with Gasteiger partial charge in [-0.3, -0.25) is 0 Å². The van der Waals surface area contributed by atoms with Crippen LogP contribution in [0.3, 0.4) is 0 Å². The molecule has 5 nitrogen and oxygen atoms in total. The smallest absolute Gasteiger partial charge is 0.335 e. The van der Waals surface area contributed by atoms with Gasteiger partial charge in [-0.25, -0.2) is 17.9 Å². The van der Waals surface area contributed by atoms with Gasteiger partial charge in [0.05, 0.1) is 10.5 Å². The molecule has 0 amide bonds. The van der Waals surface area contributed by atoms with Crippen molar-refractivity contribution in [2.45, 2.75) is 38.1 Å². The number of sulfonamides is 1. The molecule has 0 spiro atoms. The van der Waals surface area contributed by atoms with E-state index in [-0.39, 0.29) is 10.5 Å². The maximum Gasteiger partial charge on any atom is 0.335 e. The first-order valence-corrected chi connectivity index (χ1v) is 7.79. The van der Waals surface area contributed by atoms with Crippen LogP contribution in [0.4, 0.5) is 0 Å². The molecule has 0 aromatic heterocycles. The summed E-state index contributed by atoms with van der Waals surface area (Å²) in [7, 11) is -3.79. The number of hydrogen-bond acceptors (Lipinski definition) is 3. The van der Waals surface area contributed by atoms with Gasteiger partial charge in [0.15, 0.2) is 0 Å². The van der Waals surface area contributed by atoms with E-state index in [1.807, 2.05) is 0 Å². The first-order valence-electron chi connectivity index (χ1n) is 5.51. The average Bonchev–Trinajstić information content (AvgIpc) is 2.17. The van der Waals surface area contributed by atoms with Gasteiger partial charge in [0.2, 0.25) is 10.0 Å². The number of nitrogens with one attached hydrogen (secondary N) is 1. The third-order valence-electron chi connectivity index (χ3n) is 2.20. The SMILES string of the molecule is Cc1cc(C(=O)O)cc(S(=O)(=O)NC(C)(C)C)c1Br. The Morgan fingerprint density at radius 3 is 2.26 bits per heavy atom. The fraction of sp³-hybridized carbons (Fsp3) is 0.417. The van der Waals surface area contributed by atoms with Gasteiger partial charge in [-0.15, -0.1) is 0 Å². The number of carboxylic acids is 1. The normalized spacial score (nSPS) is 12.5. The zero-order valence-electron chi connectivity index (χ0n) is 11.1. The molecule has 0 bridgehead atoms. The molecule has 1 rings (SSSR count). The highest BCUT2D eigenvalue weighted by Crippen LogP contribution is 2.28. The lowest BCUT2D eigenvalue weighted by molar-refractivity contribution is 0.0696. The quantitative estimate of drug-likeness (QED) is 0.878. The molecule has 19 heavy (non-hydrogen) atoms. The summed E-state index contributed by atoms with van der Waals surface area (Å²) in [5.41, 5.74) is -0.157. The lowest BCUT2D eigenvalue weighted by Crippen LogP contribution is -2.40. The van der Waals surface area contributed by atoms with Crippen molar-refractivity contribution in [3.05, 3.63) is 27.7 Å². The van der Waals surface area contributed by atoms with Crippen molar-refractivity contribution < 1.29 is 18.3 Å². The van der Waals surface area contributed by atoms with Gasteiger partial charge in [0, 0.05) is 10.0 Å². The Kier molecular flexibility index (Phi) is 4.44. The van der Waals surface area contributed by atoms with Crippen molar-refractivity contribution in [3.63, 3.8) is 0 Å². The first kappa shape index (κ1) is 16.1. The van der Waals surface area contributed by atoms with E-state index in [0.29, 0.717) is 10.0 Å².